The molecule has 5 heterocycles. The molecule has 0 radical (unpaired) electrons. The van der Waals surface area contributed by atoms with E-state index in [1.807, 2.05) is 0 Å². The van der Waals surface area contributed by atoms with Crippen molar-refractivity contribution in [1.82, 2.24) is 14.9 Å². The Morgan fingerprint density at radius 3 is 2.81 bits per heavy atom. The number of nitrogens with zero attached hydrogens (tertiary/aromatic N) is 5. The Hall–Kier alpha value is -3.04. The van der Waals surface area contributed by atoms with E-state index in [-0.39, 0.29) is 51.8 Å². The van der Waals surface area contributed by atoms with Gasteiger partial charge in [0.1, 0.15) is 30.3 Å². The predicted molar refractivity (Wildman–Crippen MR) is 126 cm³/mol. The average molecular weight is 537 g/mol. The van der Waals surface area contributed by atoms with Crippen LogP contribution in [0.2, 0.25) is 0 Å². The van der Waals surface area contributed by atoms with Gasteiger partial charge >= 0.3 is 35.5 Å². The van der Waals surface area contributed by atoms with Crippen molar-refractivity contribution in [3.8, 4) is 10.8 Å². The van der Waals surface area contributed by atoms with Crippen molar-refractivity contribution in [3.05, 3.63) is 46.2 Å². The first-order valence-electron chi connectivity index (χ1n) is 10.3. The van der Waals surface area contributed by atoms with Gasteiger partial charge in [0, 0.05) is 22.2 Å². The minimum atomic E-state index is -1.25. The summed E-state index contributed by atoms with van der Waals surface area (Å²) < 4.78 is 5.36. The number of nitrogen functional groups attached to an aromatic ring is 1. The number of anilines is 1. The molecule has 1 fully saturated rings. The zero-order valence-electron chi connectivity index (χ0n) is 19.1. The van der Waals surface area contributed by atoms with Gasteiger partial charge in [0.05, 0.1) is 18.0 Å². The van der Waals surface area contributed by atoms with Crippen LogP contribution in [0.5, 0.6) is 0 Å². The van der Waals surface area contributed by atoms with Crippen LogP contribution >= 0.6 is 22.7 Å². The molecular formula is C21H17N6NaO6S2. The molecule has 3 N–H and O–H groups in total. The molecule has 0 unspecified atom stereocenters. The second kappa shape index (κ2) is 10.5. The van der Waals surface area contributed by atoms with Gasteiger partial charge in [-0.2, -0.15) is 0 Å². The van der Waals surface area contributed by atoms with E-state index in [2.05, 4.69) is 20.1 Å². The number of thiazole rings is 2. The maximum absolute atomic E-state index is 13.0. The third-order valence-corrected chi connectivity index (χ3v) is 7.09. The monoisotopic (exact) mass is 536 g/mol. The Kier molecular flexibility index (Phi) is 7.61. The molecule has 0 spiro atoms. The molecule has 3 aromatic rings. The van der Waals surface area contributed by atoms with Gasteiger partial charge in [0.15, 0.2) is 15.9 Å². The van der Waals surface area contributed by atoms with Crippen LogP contribution in [0, 0.1) is 0 Å². The van der Waals surface area contributed by atoms with Crippen molar-refractivity contribution in [1.29, 1.82) is 0 Å². The smallest absolute Gasteiger partial charge is 0.857 e. The van der Waals surface area contributed by atoms with E-state index < -0.39 is 29.9 Å². The number of amides is 1. The Labute approximate surface area is 234 Å². The molecule has 2 aliphatic rings. The minimum absolute atomic E-state index is 0. The van der Waals surface area contributed by atoms with E-state index in [4.69, 9.17) is 15.0 Å². The molecule has 1 saturated heterocycles. The van der Waals surface area contributed by atoms with Crippen LogP contribution in [0.1, 0.15) is 24.2 Å². The maximum Gasteiger partial charge on any atom is 1.00 e. The molecule has 5 rings (SSSR count). The third-order valence-electron chi connectivity index (χ3n) is 5.56. The van der Waals surface area contributed by atoms with Crippen LogP contribution in [0.3, 0.4) is 0 Å². The molecule has 0 aliphatic carbocycles. The normalized spacial score (nSPS) is 20.0. The maximum atomic E-state index is 13.0. The Morgan fingerprint density at radius 2 is 2.17 bits per heavy atom. The number of hydrogen-bond acceptors (Lipinski definition) is 12. The minimum Gasteiger partial charge on any atom is -0.857 e. The van der Waals surface area contributed by atoms with E-state index in [0.29, 0.717) is 34.9 Å². The molecule has 180 valence electrons. The first kappa shape index (κ1) is 26.0. The summed E-state index contributed by atoms with van der Waals surface area (Å²) in [7, 11) is 1.27. The molecular weight excluding hydrogens is 519 g/mol. The van der Waals surface area contributed by atoms with Crippen LogP contribution in [0.15, 0.2) is 49.4 Å². The topological polar surface area (TPSA) is 180 Å². The van der Waals surface area contributed by atoms with Crippen molar-refractivity contribution >= 4 is 56.9 Å². The molecule has 15 heteroatoms. The number of allylic oxidation sites excluding steroid dienone is 1. The summed E-state index contributed by atoms with van der Waals surface area (Å²) in [5.41, 5.74) is 6.38. The van der Waals surface area contributed by atoms with Gasteiger partial charge in [-0.1, -0.05) is 5.16 Å². The van der Waals surface area contributed by atoms with Crippen LogP contribution in [0.4, 0.5) is 5.13 Å². The van der Waals surface area contributed by atoms with Gasteiger partial charge in [-0.25, -0.2) is 14.8 Å². The van der Waals surface area contributed by atoms with Gasteiger partial charge in [0.2, 0.25) is 0 Å². The van der Waals surface area contributed by atoms with E-state index in [0.717, 1.165) is 11.3 Å². The molecule has 0 aromatic carbocycles. The quantitative estimate of drug-likeness (QED) is 0.119. The second-order valence-corrected chi connectivity index (χ2v) is 9.28. The largest absolute Gasteiger partial charge is 1.00 e. The van der Waals surface area contributed by atoms with Gasteiger partial charge in [-0.15, -0.1) is 22.7 Å². The molecule has 0 saturated carbocycles. The number of aromatic nitrogens is 2. The Morgan fingerprint density at radius 1 is 1.36 bits per heavy atom. The standard InChI is InChI=1S/C21H18N6O6S2.Na/c1-32-26-14(11-8-35-21(22)24-11)17(28)25-15-12-5-4-9(16(20(30)31)27(12)19(15)29)10-7-34-18(23-10)13-3-2-6-33-13;/h2-3,6-8,12,15H,4-5H2,1H3,(H2,22,24)(H,25,28)(H,30,31);/q;+1/p-1/b26-14+;/t12-,15+;/m1./s1. The Balaban J connectivity index is 0.00000304. The molecule has 0 bridgehead atoms. The van der Waals surface area contributed by atoms with Crippen LogP contribution < -0.4 is 40.4 Å². The molecule has 2 aliphatic heterocycles. The van der Waals surface area contributed by atoms with Gasteiger partial charge in [-0.3, -0.25) is 14.7 Å². The number of β-lactam (4-membered cyclic amide) rings is 1. The summed E-state index contributed by atoms with van der Waals surface area (Å²) in [4.78, 5) is 43.6. The summed E-state index contributed by atoms with van der Waals surface area (Å²) in [6, 6.07) is 1.88. The number of oxime groups is 1. The van der Waals surface area contributed by atoms with Crippen molar-refractivity contribution < 1.29 is 58.6 Å². The number of hydrogen-bond donors (Lipinski definition) is 2. The first-order chi connectivity index (χ1) is 16.9. The van der Waals surface area contributed by atoms with Gasteiger partial charge in [-0.05, 0) is 25.0 Å². The summed E-state index contributed by atoms with van der Waals surface area (Å²) >= 11 is 2.43. The number of fused-ring (bicyclic) bond motifs is 1. The summed E-state index contributed by atoms with van der Waals surface area (Å²) in [6.07, 6.45) is 2.28. The number of carboxylic acids is 1. The van der Waals surface area contributed by atoms with Crippen molar-refractivity contribution in [2.24, 2.45) is 10.1 Å². The van der Waals surface area contributed by atoms with Crippen molar-refractivity contribution in [2.75, 3.05) is 12.8 Å². The molecule has 2 atom stereocenters. The number of furan rings is 1. The van der Waals surface area contributed by atoms with Gasteiger partial charge in [0.25, 0.3) is 5.91 Å². The number of aliphatic carboxylic acids is 1. The summed E-state index contributed by atoms with van der Waals surface area (Å²) in [5, 5.41) is 30.5. The van der Waals surface area contributed by atoms with Crippen LogP contribution in [-0.4, -0.2) is 62.7 Å². The fourth-order valence-electron chi connectivity index (χ4n) is 4.07. The van der Waals surface area contributed by atoms with E-state index in [9.17, 15) is 19.8 Å². The fraction of sp³-hybridized carbons (Fsp3) is 0.238. The number of carbonyl (C=O) groups excluding carboxylic acids is 1. The van der Waals surface area contributed by atoms with E-state index in [1.54, 1.807) is 17.5 Å². The molecule has 3 aromatic heterocycles. The van der Waals surface area contributed by atoms with E-state index in [1.165, 1.54) is 35.0 Å². The number of nitrogens with two attached hydrogens (primary N) is 1. The molecule has 1 amide bonds. The second-order valence-electron chi connectivity index (χ2n) is 7.53. The molecule has 12 nitrogen and oxygen atoms in total. The summed E-state index contributed by atoms with van der Waals surface area (Å²) in [6.45, 7) is 0. The zero-order chi connectivity index (χ0) is 24.7. The number of rotatable bonds is 7. The van der Waals surface area contributed by atoms with Crippen molar-refractivity contribution in [3.63, 3.8) is 0 Å². The number of carbonyl (C=O) groups is 2. The molecule has 36 heavy (non-hydrogen) atoms. The Bertz CT molecular complexity index is 1400. The third kappa shape index (κ3) is 4.57. The SMILES string of the molecule is CO/N=C(/C([O-])=N[C@@H]1C(=O)N2C(C(=O)O)=C(c3csc(-c4ccco4)n3)CC[C@H]12)c1csc(N)n1.[Na+]. The van der Waals surface area contributed by atoms with E-state index >= 15 is 0 Å². The van der Waals surface area contributed by atoms with Crippen LogP contribution in [-0.2, 0) is 14.4 Å². The van der Waals surface area contributed by atoms with Crippen LogP contribution in [0.25, 0.3) is 16.3 Å². The number of aliphatic imine (C=N–C) groups is 1. The predicted octanol–water partition coefficient (Wildman–Crippen LogP) is -1.58. The average Bonchev–Trinajstić information content (AvgIpc) is 3.61. The number of carboxylic acid groups (broad SMARTS) is 1. The first-order valence-corrected chi connectivity index (χ1v) is 12.0. The van der Waals surface area contributed by atoms with Crippen molar-refractivity contribution in [2.45, 2.75) is 24.9 Å². The van der Waals surface area contributed by atoms with Gasteiger partial charge < -0.3 is 25.2 Å². The summed E-state index contributed by atoms with van der Waals surface area (Å²) in [5.74, 6) is -2.08. The fourth-order valence-corrected chi connectivity index (χ4v) is 5.42. The zero-order valence-corrected chi connectivity index (χ0v) is 22.7.